The van der Waals surface area contributed by atoms with Crippen molar-refractivity contribution in [2.24, 2.45) is 0 Å². The van der Waals surface area contributed by atoms with Crippen LogP contribution in [0.1, 0.15) is 26.5 Å². The van der Waals surface area contributed by atoms with E-state index in [4.69, 9.17) is 0 Å². The van der Waals surface area contributed by atoms with Crippen molar-refractivity contribution in [2.45, 2.75) is 20.4 Å². The minimum atomic E-state index is -0.330. The smallest absolute Gasteiger partial charge is 0.323 e. The summed E-state index contributed by atoms with van der Waals surface area (Å²) in [5.41, 5.74) is 4.70. The maximum atomic E-state index is 12.7. The van der Waals surface area contributed by atoms with E-state index in [0.29, 0.717) is 27.8 Å². The Hall–Kier alpha value is -4.04. The molecule has 0 spiro atoms. The number of thiazole rings is 1. The van der Waals surface area contributed by atoms with Crippen LogP contribution in [0, 0.1) is 13.8 Å². The SMILES string of the molecule is Cc1cccc(NC(=O)Nc2cccc(CNC(=O)c3sc(-c4ccccn4)nc3C)c2)c1. The normalized spacial score (nSPS) is 10.5. The number of rotatable bonds is 6. The van der Waals surface area contributed by atoms with Crippen molar-refractivity contribution < 1.29 is 9.59 Å². The van der Waals surface area contributed by atoms with Gasteiger partial charge in [0, 0.05) is 24.1 Å². The van der Waals surface area contributed by atoms with Crippen molar-refractivity contribution in [3.8, 4) is 10.7 Å². The van der Waals surface area contributed by atoms with Crippen LogP contribution in [0.25, 0.3) is 10.7 Å². The molecule has 3 N–H and O–H groups in total. The highest BCUT2D eigenvalue weighted by molar-refractivity contribution is 7.17. The zero-order chi connectivity index (χ0) is 23.2. The predicted molar refractivity (Wildman–Crippen MR) is 132 cm³/mol. The molecule has 0 unspecified atom stereocenters. The molecule has 0 aliphatic rings. The Morgan fingerprint density at radius 2 is 1.67 bits per heavy atom. The number of aromatic nitrogens is 2. The predicted octanol–water partition coefficient (Wildman–Crippen LogP) is 5.40. The summed E-state index contributed by atoms with van der Waals surface area (Å²) >= 11 is 1.32. The molecule has 0 fully saturated rings. The Morgan fingerprint density at radius 3 is 2.39 bits per heavy atom. The van der Waals surface area contributed by atoms with Crippen molar-refractivity contribution in [2.75, 3.05) is 10.6 Å². The first-order valence-electron chi connectivity index (χ1n) is 10.4. The Morgan fingerprint density at radius 1 is 0.909 bits per heavy atom. The van der Waals surface area contributed by atoms with E-state index in [2.05, 4.69) is 25.9 Å². The molecule has 0 saturated heterocycles. The number of carbonyl (C=O) groups is 2. The number of nitrogens with one attached hydrogen (secondary N) is 3. The molecule has 0 radical (unpaired) electrons. The maximum Gasteiger partial charge on any atom is 0.323 e. The number of urea groups is 1. The highest BCUT2D eigenvalue weighted by Gasteiger charge is 2.16. The van der Waals surface area contributed by atoms with Gasteiger partial charge in [0.25, 0.3) is 5.91 Å². The van der Waals surface area contributed by atoms with E-state index in [1.165, 1.54) is 11.3 Å². The molecule has 33 heavy (non-hydrogen) atoms. The average Bonchev–Trinajstić information content (AvgIpc) is 3.20. The molecular formula is C25H23N5O2S. The molecule has 4 rings (SSSR count). The van der Waals surface area contributed by atoms with Crippen molar-refractivity contribution in [3.05, 3.63) is 94.6 Å². The quantitative estimate of drug-likeness (QED) is 0.361. The highest BCUT2D eigenvalue weighted by Crippen LogP contribution is 2.26. The summed E-state index contributed by atoms with van der Waals surface area (Å²) in [6, 6.07) is 20.2. The maximum absolute atomic E-state index is 12.7. The van der Waals surface area contributed by atoms with E-state index < -0.39 is 0 Å². The molecule has 2 aromatic carbocycles. The Balaban J connectivity index is 1.36. The molecule has 0 aliphatic carbocycles. The lowest BCUT2D eigenvalue weighted by atomic mass is 10.2. The average molecular weight is 458 g/mol. The number of benzene rings is 2. The van der Waals surface area contributed by atoms with Gasteiger partial charge in [0.15, 0.2) is 0 Å². The van der Waals surface area contributed by atoms with Crippen LogP contribution >= 0.6 is 11.3 Å². The summed E-state index contributed by atoms with van der Waals surface area (Å²) in [6.45, 7) is 4.10. The van der Waals surface area contributed by atoms with Gasteiger partial charge in [-0.2, -0.15) is 0 Å². The molecule has 8 heteroatoms. The monoisotopic (exact) mass is 457 g/mol. The van der Waals surface area contributed by atoms with Gasteiger partial charge in [-0.15, -0.1) is 11.3 Å². The molecule has 0 atom stereocenters. The second-order valence-corrected chi connectivity index (χ2v) is 8.48. The molecule has 7 nitrogen and oxygen atoms in total. The molecule has 4 aromatic rings. The minimum Gasteiger partial charge on any atom is -0.347 e. The third-order valence-electron chi connectivity index (χ3n) is 4.80. The van der Waals surface area contributed by atoms with Crippen molar-refractivity contribution in [3.63, 3.8) is 0 Å². The van der Waals surface area contributed by atoms with E-state index in [1.54, 1.807) is 12.3 Å². The summed E-state index contributed by atoms with van der Waals surface area (Å²) in [5, 5.41) is 9.28. The Kier molecular flexibility index (Phi) is 6.75. The lowest BCUT2D eigenvalue weighted by molar-refractivity contribution is 0.0954. The van der Waals surface area contributed by atoms with Crippen molar-refractivity contribution >= 4 is 34.6 Å². The fourth-order valence-corrected chi connectivity index (χ4v) is 4.20. The van der Waals surface area contributed by atoms with E-state index in [-0.39, 0.29) is 11.9 Å². The van der Waals surface area contributed by atoms with Crippen LogP contribution in [0.4, 0.5) is 16.2 Å². The topological polar surface area (TPSA) is 96.0 Å². The van der Waals surface area contributed by atoms with Crippen LogP contribution in [-0.2, 0) is 6.54 Å². The first-order chi connectivity index (χ1) is 16.0. The van der Waals surface area contributed by atoms with Gasteiger partial charge in [-0.1, -0.05) is 30.3 Å². The fraction of sp³-hybridized carbons (Fsp3) is 0.120. The number of hydrogen-bond donors (Lipinski definition) is 3. The van der Waals surface area contributed by atoms with Crippen molar-refractivity contribution in [1.82, 2.24) is 15.3 Å². The van der Waals surface area contributed by atoms with Gasteiger partial charge in [-0.3, -0.25) is 9.78 Å². The molecule has 2 aromatic heterocycles. The number of nitrogens with zero attached hydrogens (tertiary/aromatic N) is 2. The second kappa shape index (κ2) is 10.1. The second-order valence-electron chi connectivity index (χ2n) is 7.48. The minimum absolute atomic E-state index is 0.192. The van der Waals surface area contributed by atoms with E-state index in [1.807, 2.05) is 74.5 Å². The molecular weight excluding hydrogens is 434 g/mol. The Labute approximate surface area is 195 Å². The van der Waals surface area contributed by atoms with Crippen LogP contribution < -0.4 is 16.0 Å². The third-order valence-corrected chi connectivity index (χ3v) is 5.98. The number of hydrogen-bond acceptors (Lipinski definition) is 5. The van der Waals surface area contributed by atoms with Crippen LogP contribution in [0.3, 0.4) is 0 Å². The zero-order valence-electron chi connectivity index (χ0n) is 18.3. The molecule has 0 bridgehead atoms. The highest BCUT2D eigenvalue weighted by atomic mass is 32.1. The van der Waals surface area contributed by atoms with E-state index in [9.17, 15) is 9.59 Å². The molecule has 166 valence electrons. The van der Waals surface area contributed by atoms with Gasteiger partial charge in [-0.05, 0) is 61.4 Å². The fourth-order valence-electron chi connectivity index (χ4n) is 3.24. The number of amides is 3. The van der Waals surface area contributed by atoms with Crippen LogP contribution in [0.2, 0.25) is 0 Å². The summed E-state index contributed by atoms with van der Waals surface area (Å²) in [7, 11) is 0. The number of aryl methyl sites for hydroxylation is 2. The van der Waals surface area contributed by atoms with Crippen molar-refractivity contribution in [1.29, 1.82) is 0 Å². The standard InChI is InChI=1S/C25H23N5O2S/c1-16-7-5-9-19(13-16)29-25(32)30-20-10-6-8-18(14-20)15-27-23(31)22-17(2)28-24(33-22)21-11-3-4-12-26-21/h3-14H,15H2,1-2H3,(H,27,31)(H2,29,30,32). The van der Waals surface area contributed by atoms with Gasteiger partial charge in [0.1, 0.15) is 9.88 Å². The van der Waals surface area contributed by atoms with E-state index in [0.717, 1.165) is 22.5 Å². The summed E-state index contributed by atoms with van der Waals surface area (Å²) < 4.78 is 0. The number of anilines is 2. The molecule has 2 heterocycles. The zero-order valence-corrected chi connectivity index (χ0v) is 19.1. The third kappa shape index (κ3) is 5.81. The first-order valence-corrected chi connectivity index (χ1v) is 11.2. The lowest BCUT2D eigenvalue weighted by Crippen LogP contribution is -2.23. The lowest BCUT2D eigenvalue weighted by Gasteiger charge is -2.10. The number of carbonyl (C=O) groups excluding carboxylic acids is 2. The molecule has 3 amide bonds. The Bertz CT molecular complexity index is 1290. The largest absolute Gasteiger partial charge is 0.347 e. The van der Waals surface area contributed by atoms with Gasteiger partial charge in [-0.25, -0.2) is 9.78 Å². The molecule has 0 aliphatic heterocycles. The van der Waals surface area contributed by atoms with Gasteiger partial charge in [0.2, 0.25) is 0 Å². The van der Waals surface area contributed by atoms with Gasteiger partial charge < -0.3 is 16.0 Å². The van der Waals surface area contributed by atoms with Crippen LogP contribution in [-0.4, -0.2) is 21.9 Å². The summed E-state index contributed by atoms with van der Waals surface area (Å²) in [5.74, 6) is -0.192. The van der Waals surface area contributed by atoms with Crippen LogP contribution in [0.15, 0.2) is 72.9 Å². The van der Waals surface area contributed by atoms with Gasteiger partial charge in [0.05, 0.1) is 11.4 Å². The molecule has 0 saturated carbocycles. The first kappa shape index (κ1) is 22.2. The van der Waals surface area contributed by atoms with Gasteiger partial charge >= 0.3 is 6.03 Å². The summed E-state index contributed by atoms with van der Waals surface area (Å²) in [6.07, 6.45) is 1.70. The number of pyridine rings is 1. The van der Waals surface area contributed by atoms with E-state index >= 15 is 0 Å². The van der Waals surface area contributed by atoms with Crippen LogP contribution in [0.5, 0.6) is 0 Å². The summed E-state index contributed by atoms with van der Waals surface area (Å²) in [4.78, 5) is 34.4.